The summed E-state index contributed by atoms with van der Waals surface area (Å²) >= 11 is 0. The summed E-state index contributed by atoms with van der Waals surface area (Å²) in [6.07, 6.45) is 4.80. The van der Waals surface area contributed by atoms with Crippen LogP contribution in [-0.2, 0) is 0 Å². The van der Waals surface area contributed by atoms with E-state index in [9.17, 15) is 4.39 Å². The first-order valence-electron chi connectivity index (χ1n) is 5.24. The van der Waals surface area contributed by atoms with E-state index in [4.69, 9.17) is 0 Å². The Morgan fingerprint density at radius 1 is 1.00 bits per heavy atom. The van der Waals surface area contributed by atoms with Crippen LogP contribution in [0.15, 0.2) is 43.0 Å². The van der Waals surface area contributed by atoms with Gasteiger partial charge in [-0.15, -0.1) is 0 Å². The number of fused-ring (bicyclic) bond motifs is 1. The van der Waals surface area contributed by atoms with E-state index < -0.39 is 0 Å². The Labute approximate surface area is 102 Å². The van der Waals surface area contributed by atoms with E-state index in [2.05, 4.69) is 26.9 Å². The predicted molar refractivity (Wildman–Crippen MR) is 63.2 cm³/mol. The van der Waals surface area contributed by atoms with Crippen molar-refractivity contribution in [2.45, 2.75) is 0 Å². The average molecular weight is 238 g/mol. The fourth-order valence-electron chi connectivity index (χ4n) is 1.46. The quantitative estimate of drug-likeness (QED) is 0.559. The molecular weight excluding hydrogens is 231 g/mol. The molecule has 2 aromatic heterocycles. The molecule has 0 atom stereocenters. The number of benzene rings is 1. The smallest absolute Gasteiger partial charge is 0.218 e. The molecule has 0 aliphatic heterocycles. The van der Waals surface area contributed by atoms with Crippen molar-refractivity contribution in [2.75, 3.05) is 0 Å². The third-order valence-corrected chi connectivity index (χ3v) is 2.33. The molecule has 0 aliphatic rings. The lowest BCUT2D eigenvalue weighted by Gasteiger charge is -1.92. The molecule has 3 aromatic rings. The molecule has 0 N–H and O–H groups in total. The molecule has 86 valence electrons. The average Bonchev–Trinajstić information content (AvgIpc) is 2.85. The molecule has 0 saturated heterocycles. The Bertz CT molecular complexity index is 750. The maximum Gasteiger partial charge on any atom is 0.252 e. The van der Waals surface area contributed by atoms with Gasteiger partial charge in [0.1, 0.15) is 12.1 Å². The molecule has 2 heterocycles. The number of aromatic nitrogens is 4. The Morgan fingerprint density at radius 3 is 2.61 bits per heavy atom. The first-order valence-corrected chi connectivity index (χ1v) is 5.24. The molecule has 4 nitrogen and oxygen atoms in total. The van der Waals surface area contributed by atoms with Gasteiger partial charge in [0, 0.05) is 18.0 Å². The van der Waals surface area contributed by atoms with Crippen LogP contribution in [0, 0.1) is 17.7 Å². The molecule has 3 rings (SSSR count). The second-order valence-electron chi connectivity index (χ2n) is 3.60. The monoisotopic (exact) mass is 238 g/mol. The van der Waals surface area contributed by atoms with Crippen LogP contribution in [0.4, 0.5) is 4.39 Å². The summed E-state index contributed by atoms with van der Waals surface area (Å²) in [5.74, 6) is 6.12. The van der Waals surface area contributed by atoms with E-state index in [0.717, 1.165) is 11.1 Å². The molecule has 0 bridgehead atoms. The number of halogens is 1. The highest BCUT2D eigenvalue weighted by atomic mass is 19.1. The van der Waals surface area contributed by atoms with E-state index >= 15 is 0 Å². The molecule has 0 radical (unpaired) electrons. The molecule has 0 aliphatic carbocycles. The summed E-state index contributed by atoms with van der Waals surface area (Å²) in [5, 5.41) is 3.97. The van der Waals surface area contributed by atoms with E-state index in [0.29, 0.717) is 5.78 Å². The van der Waals surface area contributed by atoms with E-state index in [1.807, 2.05) is 0 Å². The van der Waals surface area contributed by atoms with Crippen molar-refractivity contribution >= 4 is 5.78 Å². The van der Waals surface area contributed by atoms with Gasteiger partial charge in [-0.3, -0.25) is 0 Å². The van der Waals surface area contributed by atoms with Gasteiger partial charge in [0.15, 0.2) is 0 Å². The van der Waals surface area contributed by atoms with Crippen LogP contribution in [0.5, 0.6) is 0 Å². The van der Waals surface area contributed by atoms with Crippen molar-refractivity contribution in [3.63, 3.8) is 0 Å². The second-order valence-corrected chi connectivity index (χ2v) is 3.60. The van der Waals surface area contributed by atoms with Crippen molar-refractivity contribution in [2.24, 2.45) is 0 Å². The van der Waals surface area contributed by atoms with Crippen LogP contribution in [0.2, 0.25) is 0 Å². The molecule has 0 fully saturated rings. The maximum atomic E-state index is 12.7. The zero-order valence-electron chi connectivity index (χ0n) is 9.21. The van der Waals surface area contributed by atoms with Crippen LogP contribution in [0.1, 0.15) is 11.1 Å². The molecule has 5 heteroatoms. The van der Waals surface area contributed by atoms with Gasteiger partial charge in [0.25, 0.3) is 5.78 Å². The van der Waals surface area contributed by atoms with Crippen molar-refractivity contribution in [3.8, 4) is 11.8 Å². The normalized spacial score (nSPS) is 10.1. The topological polar surface area (TPSA) is 43.1 Å². The third kappa shape index (κ3) is 2.04. The Morgan fingerprint density at radius 2 is 1.78 bits per heavy atom. The number of hydrogen-bond donors (Lipinski definition) is 0. The van der Waals surface area contributed by atoms with Crippen LogP contribution >= 0.6 is 0 Å². The van der Waals surface area contributed by atoms with Gasteiger partial charge in [-0.2, -0.15) is 10.1 Å². The van der Waals surface area contributed by atoms with E-state index in [-0.39, 0.29) is 5.82 Å². The minimum atomic E-state index is -0.272. The molecule has 0 unspecified atom stereocenters. The molecule has 0 amide bonds. The van der Waals surface area contributed by atoms with Gasteiger partial charge in [0.2, 0.25) is 0 Å². The Kier molecular flexibility index (Phi) is 2.47. The third-order valence-electron chi connectivity index (χ3n) is 2.33. The summed E-state index contributed by atoms with van der Waals surface area (Å²) in [5.41, 5.74) is 1.47. The molecule has 0 saturated carbocycles. The molecule has 1 aromatic carbocycles. The molecule has 18 heavy (non-hydrogen) atoms. The van der Waals surface area contributed by atoms with Gasteiger partial charge in [-0.05, 0) is 24.3 Å². The van der Waals surface area contributed by atoms with Gasteiger partial charge < -0.3 is 0 Å². The first kappa shape index (κ1) is 10.4. The maximum absolute atomic E-state index is 12.7. The summed E-state index contributed by atoms with van der Waals surface area (Å²) in [6.45, 7) is 0. The first-order chi connectivity index (χ1) is 8.81. The van der Waals surface area contributed by atoms with Gasteiger partial charge in [0.05, 0.1) is 5.56 Å². The van der Waals surface area contributed by atoms with E-state index in [1.165, 1.54) is 18.5 Å². The van der Waals surface area contributed by atoms with Crippen molar-refractivity contribution in [1.29, 1.82) is 0 Å². The van der Waals surface area contributed by atoms with Crippen molar-refractivity contribution in [3.05, 3.63) is 59.9 Å². The Hall–Kier alpha value is -2.74. The standard InChI is InChI=1S/C13H7FN4/c14-12-5-3-10(4-6-12)1-2-11-7-15-13-16-9-17-18(13)8-11/h3-9H. The second kappa shape index (κ2) is 4.26. The largest absolute Gasteiger partial charge is 0.252 e. The van der Waals surface area contributed by atoms with Crippen LogP contribution in [0.25, 0.3) is 5.78 Å². The molecule has 0 spiro atoms. The summed E-state index contributed by atoms with van der Waals surface area (Å²) in [6, 6.07) is 6.01. The highest BCUT2D eigenvalue weighted by Crippen LogP contribution is 2.02. The van der Waals surface area contributed by atoms with E-state index in [1.54, 1.807) is 29.0 Å². The van der Waals surface area contributed by atoms with Gasteiger partial charge in [-0.1, -0.05) is 11.8 Å². The van der Waals surface area contributed by atoms with Crippen molar-refractivity contribution in [1.82, 2.24) is 19.6 Å². The number of nitrogens with zero attached hydrogens (tertiary/aromatic N) is 4. The SMILES string of the molecule is Fc1ccc(C#Cc2cnc3ncnn3c2)cc1. The van der Waals surface area contributed by atoms with Gasteiger partial charge >= 0.3 is 0 Å². The summed E-state index contributed by atoms with van der Waals surface area (Å²) in [4.78, 5) is 8.03. The van der Waals surface area contributed by atoms with Crippen LogP contribution in [-0.4, -0.2) is 19.6 Å². The zero-order chi connectivity index (χ0) is 12.4. The van der Waals surface area contributed by atoms with Crippen LogP contribution < -0.4 is 0 Å². The number of hydrogen-bond acceptors (Lipinski definition) is 3. The lowest BCUT2D eigenvalue weighted by molar-refractivity contribution is 0.627. The fraction of sp³-hybridized carbons (Fsp3) is 0. The predicted octanol–water partition coefficient (Wildman–Crippen LogP) is 1.66. The minimum absolute atomic E-state index is 0.272. The lowest BCUT2D eigenvalue weighted by atomic mass is 10.2. The molecular formula is C13H7FN4. The fourth-order valence-corrected chi connectivity index (χ4v) is 1.46. The highest BCUT2D eigenvalue weighted by Gasteiger charge is 1.96. The Balaban J connectivity index is 1.94. The highest BCUT2D eigenvalue weighted by molar-refractivity contribution is 5.42. The van der Waals surface area contributed by atoms with Gasteiger partial charge in [-0.25, -0.2) is 13.9 Å². The summed E-state index contributed by atoms with van der Waals surface area (Å²) in [7, 11) is 0. The number of rotatable bonds is 0. The minimum Gasteiger partial charge on any atom is -0.218 e. The summed E-state index contributed by atoms with van der Waals surface area (Å²) < 4.78 is 14.3. The zero-order valence-corrected chi connectivity index (χ0v) is 9.21. The van der Waals surface area contributed by atoms with Crippen molar-refractivity contribution < 1.29 is 4.39 Å². The van der Waals surface area contributed by atoms with Crippen LogP contribution in [0.3, 0.4) is 0 Å². The lowest BCUT2D eigenvalue weighted by Crippen LogP contribution is -1.91.